The van der Waals surface area contributed by atoms with Crippen LogP contribution < -0.4 is 4.74 Å². The molecule has 2 aromatic carbocycles. The van der Waals surface area contributed by atoms with Gasteiger partial charge >= 0.3 is 5.97 Å². The van der Waals surface area contributed by atoms with Gasteiger partial charge in [-0.15, -0.1) is 0 Å². The van der Waals surface area contributed by atoms with Gasteiger partial charge in [-0.3, -0.25) is 9.78 Å². The van der Waals surface area contributed by atoms with E-state index in [1.54, 1.807) is 0 Å². The van der Waals surface area contributed by atoms with Crippen LogP contribution in [0.15, 0.2) is 65.1 Å². The summed E-state index contributed by atoms with van der Waals surface area (Å²) in [6, 6.07) is 19.8. The average Bonchev–Trinajstić information content (AvgIpc) is 3.19. The summed E-state index contributed by atoms with van der Waals surface area (Å²) in [5.41, 5.74) is 6.82. The average molecular weight is 457 g/mol. The van der Waals surface area contributed by atoms with Crippen LogP contribution >= 0.6 is 0 Å². The van der Waals surface area contributed by atoms with Gasteiger partial charge in [0.05, 0.1) is 18.0 Å². The number of aliphatic carboxylic acids is 1. The maximum absolute atomic E-state index is 10.8. The lowest BCUT2D eigenvalue weighted by Gasteiger charge is -2.09. The SMILES string of the molecule is Cc1cccc(-c2ccc(-c3nc(CCOc4ccc(CCC(=O)O)c(C)c4)c(C)o3)cc2)n1. The highest BCUT2D eigenvalue weighted by atomic mass is 16.5. The Balaban J connectivity index is 1.37. The molecule has 6 heteroatoms. The first-order valence-electron chi connectivity index (χ1n) is 11.3. The van der Waals surface area contributed by atoms with Crippen molar-refractivity contribution in [2.24, 2.45) is 0 Å². The van der Waals surface area contributed by atoms with Crippen molar-refractivity contribution in [1.82, 2.24) is 9.97 Å². The molecule has 0 bridgehead atoms. The van der Waals surface area contributed by atoms with Crippen molar-refractivity contribution in [1.29, 1.82) is 0 Å². The minimum atomic E-state index is -0.790. The minimum Gasteiger partial charge on any atom is -0.493 e. The zero-order chi connectivity index (χ0) is 24.1. The molecule has 174 valence electrons. The monoisotopic (exact) mass is 456 g/mol. The van der Waals surface area contributed by atoms with Gasteiger partial charge in [-0.1, -0.05) is 24.3 Å². The molecule has 4 aromatic rings. The van der Waals surface area contributed by atoms with Gasteiger partial charge in [-0.05, 0) is 74.7 Å². The largest absolute Gasteiger partial charge is 0.493 e. The van der Waals surface area contributed by atoms with E-state index in [9.17, 15) is 4.79 Å². The molecule has 0 saturated heterocycles. The van der Waals surface area contributed by atoms with E-state index in [1.807, 2.05) is 81.4 Å². The number of benzene rings is 2. The second kappa shape index (κ2) is 10.3. The number of hydrogen-bond acceptors (Lipinski definition) is 5. The molecular formula is C28H28N2O4. The summed E-state index contributed by atoms with van der Waals surface area (Å²) in [4.78, 5) is 20.0. The fourth-order valence-electron chi connectivity index (χ4n) is 3.82. The summed E-state index contributed by atoms with van der Waals surface area (Å²) in [7, 11) is 0. The van der Waals surface area contributed by atoms with Crippen LogP contribution in [0.1, 0.15) is 34.7 Å². The molecule has 34 heavy (non-hydrogen) atoms. The molecule has 0 atom stereocenters. The standard InChI is InChI=1S/C28H28N2O4/c1-18-17-24(13-11-21(18)12-14-27(31)32)33-16-15-25-20(3)34-28(30-25)23-9-7-22(8-10-23)26-6-4-5-19(2)29-26/h4-11,13,17H,12,14-16H2,1-3H3,(H,31,32). The summed E-state index contributed by atoms with van der Waals surface area (Å²) < 4.78 is 11.8. The van der Waals surface area contributed by atoms with Crippen LogP contribution in [0.4, 0.5) is 0 Å². The second-order valence-corrected chi connectivity index (χ2v) is 8.34. The van der Waals surface area contributed by atoms with Crippen LogP contribution in [0.2, 0.25) is 0 Å². The first kappa shape index (κ1) is 23.2. The highest BCUT2D eigenvalue weighted by Gasteiger charge is 2.12. The van der Waals surface area contributed by atoms with Crippen molar-refractivity contribution in [3.8, 4) is 28.5 Å². The van der Waals surface area contributed by atoms with Gasteiger partial charge in [0.2, 0.25) is 5.89 Å². The van der Waals surface area contributed by atoms with Crippen LogP contribution in [-0.4, -0.2) is 27.7 Å². The molecule has 0 aliphatic heterocycles. The molecule has 6 nitrogen and oxygen atoms in total. The predicted molar refractivity (Wildman–Crippen MR) is 131 cm³/mol. The van der Waals surface area contributed by atoms with E-state index >= 15 is 0 Å². The topological polar surface area (TPSA) is 85.5 Å². The number of ether oxygens (including phenoxy) is 1. The Morgan fingerprint density at radius 2 is 1.71 bits per heavy atom. The molecule has 2 aromatic heterocycles. The van der Waals surface area contributed by atoms with Crippen molar-refractivity contribution in [2.75, 3.05) is 6.61 Å². The molecule has 2 heterocycles. The summed E-state index contributed by atoms with van der Waals surface area (Å²) >= 11 is 0. The zero-order valence-electron chi connectivity index (χ0n) is 19.7. The Bertz CT molecular complexity index is 1290. The van der Waals surface area contributed by atoms with Gasteiger partial charge in [0.15, 0.2) is 0 Å². The molecule has 0 unspecified atom stereocenters. The predicted octanol–water partition coefficient (Wildman–Crippen LogP) is 5.97. The lowest BCUT2D eigenvalue weighted by molar-refractivity contribution is -0.136. The van der Waals surface area contributed by atoms with Gasteiger partial charge in [-0.25, -0.2) is 4.98 Å². The molecule has 0 radical (unpaired) electrons. The van der Waals surface area contributed by atoms with E-state index in [4.69, 9.17) is 14.3 Å². The quantitative estimate of drug-likeness (QED) is 0.334. The van der Waals surface area contributed by atoms with Crippen LogP contribution in [0.5, 0.6) is 5.75 Å². The Labute approximate surface area is 199 Å². The van der Waals surface area contributed by atoms with Crippen LogP contribution in [-0.2, 0) is 17.6 Å². The summed E-state index contributed by atoms with van der Waals surface area (Å²) in [6.07, 6.45) is 1.27. The number of carboxylic acid groups (broad SMARTS) is 1. The highest BCUT2D eigenvalue weighted by Crippen LogP contribution is 2.26. The Morgan fingerprint density at radius 3 is 2.41 bits per heavy atom. The van der Waals surface area contributed by atoms with Crippen molar-refractivity contribution in [2.45, 2.75) is 40.0 Å². The second-order valence-electron chi connectivity index (χ2n) is 8.34. The number of pyridine rings is 1. The highest BCUT2D eigenvalue weighted by molar-refractivity contribution is 5.67. The van der Waals surface area contributed by atoms with Crippen LogP contribution in [0.3, 0.4) is 0 Å². The lowest BCUT2D eigenvalue weighted by atomic mass is 10.0. The number of carboxylic acids is 1. The van der Waals surface area contributed by atoms with Crippen molar-refractivity contribution >= 4 is 5.97 Å². The number of carbonyl (C=O) groups is 1. The molecular weight excluding hydrogens is 428 g/mol. The Hall–Kier alpha value is -3.93. The molecule has 1 N–H and O–H groups in total. The van der Waals surface area contributed by atoms with E-state index < -0.39 is 5.97 Å². The fraction of sp³-hybridized carbons (Fsp3) is 0.250. The first-order chi connectivity index (χ1) is 16.4. The normalized spacial score (nSPS) is 10.9. The Kier molecular flexibility index (Phi) is 7.07. The first-order valence-corrected chi connectivity index (χ1v) is 11.3. The number of oxazole rings is 1. The number of aryl methyl sites for hydroxylation is 4. The van der Waals surface area contributed by atoms with E-state index in [-0.39, 0.29) is 6.42 Å². The van der Waals surface area contributed by atoms with Gasteiger partial charge in [0.1, 0.15) is 11.5 Å². The number of hydrogen-bond donors (Lipinski definition) is 1. The van der Waals surface area contributed by atoms with Gasteiger partial charge in [0.25, 0.3) is 0 Å². The van der Waals surface area contributed by atoms with Gasteiger partial charge in [0, 0.05) is 29.7 Å². The molecule has 0 spiro atoms. The summed E-state index contributed by atoms with van der Waals surface area (Å²) in [5.74, 6) is 1.35. The maximum Gasteiger partial charge on any atom is 0.303 e. The van der Waals surface area contributed by atoms with E-state index in [2.05, 4.69) is 9.97 Å². The lowest BCUT2D eigenvalue weighted by Crippen LogP contribution is -2.04. The van der Waals surface area contributed by atoms with Crippen molar-refractivity contribution in [3.05, 3.63) is 88.9 Å². The third-order valence-electron chi connectivity index (χ3n) is 5.74. The summed E-state index contributed by atoms with van der Waals surface area (Å²) in [6.45, 7) is 6.34. The third kappa shape index (κ3) is 5.70. The van der Waals surface area contributed by atoms with Crippen LogP contribution in [0, 0.1) is 20.8 Å². The number of aromatic nitrogens is 2. The smallest absolute Gasteiger partial charge is 0.303 e. The third-order valence-corrected chi connectivity index (χ3v) is 5.74. The van der Waals surface area contributed by atoms with E-state index in [1.165, 1.54) is 0 Å². The molecule has 0 fully saturated rings. The van der Waals surface area contributed by atoms with E-state index in [0.717, 1.165) is 50.8 Å². The maximum atomic E-state index is 10.8. The van der Waals surface area contributed by atoms with Crippen LogP contribution in [0.25, 0.3) is 22.7 Å². The number of rotatable bonds is 9. The fourth-order valence-corrected chi connectivity index (χ4v) is 3.82. The number of nitrogens with zero attached hydrogens (tertiary/aromatic N) is 2. The summed E-state index contributed by atoms with van der Waals surface area (Å²) in [5, 5.41) is 8.87. The van der Waals surface area contributed by atoms with E-state index in [0.29, 0.717) is 25.3 Å². The van der Waals surface area contributed by atoms with Gasteiger partial charge in [-0.2, -0.15) is 0 Å². The molecule has 4 rings (SSSR count). The molecule has 0 amide bonds. The van der Waals surface area contributed by atoms with Crippen molar-refractivity contribution in [3.63, 3.8) is 0 Å². The minimum absolute atomic E-state index is 0.125. The zero-order valence-corrected chi connectivity index (χ0v) is 19.7. The molecule has 0 saturated carbocycles. The van der Waals surface area contributed by atoms with Crippen molar-refractivity contribution < 1.29 is 19.1 Å². The Morgan fingerprint density at radius 1 is 0.941 bits per heavy atom. The molecule has 0 aliphatic carbocycles. The van der Waals surface area contributed by atoms with Gasteiger partial charge < -0.3 is 14.3 Å². The molecule has 0 aliphatic rings.